The lowest BCUT2D eigenvalue weighted by atomic mass is 9.98. The molecule has 3 N–H and O–H groups in total. The van der Waals surface area contributed by atoms with E-state index in [2.05, 4.69) is 15.3 Å². The molecule has 0 aliphatic carbocycles. The summed E-state index contributed by atoms with van der Waals surface area (Å²) in [6.45, 7) is 0. The third-order valence-corrected chi connectivity index (χ3v) is 4.43. The lowest BCUT2D eigenvalue weighted by Gasteiger charge is -2.20. The van der Waals surface area contributed by atoms with Gasteiger partial charge in [0, 0.05) is 46.8 Å². The average molecular weight is 345 g/mol. The minimum atomic E-state index is -0.111. The number of anilines is 1. The molecule has 0 bridgehead atoms. The van der Waals surface area contributed by atoms with Crippen molar-refractivity contribution >= 4 is 16.6 Å². The van der Waals surface area contributed by atoms with Crippen LogP contribution in [0.15, 0.2) is 73.2 Å². The van der Waals surface area contributed by atoms with E-state index >= 15 is 0 Å². The second-order valence-electron chi connectivity index (χ2n) is 6.06. The fraction of sp³-hybridized carbons (Fsp3) is 0.0952. The summed E-state index contributed by atoms with van der Waals surface area (Å²) in [5.74, 6) is 1.04. The molecule has 0 saturated heterocycles. The Morgan fingerprint density at radius 1 is 1.08 bits per heavy atom. The normalized spacial score (nSPS) is 12.0. The van der Waals surface area contributed by atoms with Gasteiger partial charge in [0.25, 0.3) is 0 Å². The largest absolute Gasteiger partial charge is 0.508 e. The standard InChI is InChI=1S/C21H19N3O2/c1-26-17-5-6-20-18(12-17)19(13-23-20)21(14-7-9-22-10-8-14)24-15-3-2-4-16(25)11-15/h2-13,21,23-25H,1H3. The highest BCUT2D eigenvalue weighted by Crippen LogP contribution is 2.34. The fourth-order valence-corrected chi connectivity index (χ4v) is 3.15. The number of H-pyrrole nitrogens is 1. The van der Waals surface area contributed by atoms with Crippen molar-refractivity contribution in [1.82, 2.24) is 9.97 Å². The van der Waals surface area contributed by atoms with Gasteiger partial charge in [0.05, 0.1) is 13.2 Å². The smallest absolute Gasteiger partial charge is 0.119 e. The Morgan fingerprint density at radius 3 is 2.69 bits per heavy atom. The molecule has 0 aliphatic heterocycles. The molecule has 2 aromatic heterocycles. The second-order valence-corrected chi connectivity index (χ2v) is 6.06. The molecule has 0 amide bonds. The van der Waals surface area contributed by atoms with Crippen LogP contribution >= 0.6 is 0 Å². The van der Waals surface area contributed by atoms with Crippen molar-refractivity contribution in [2.45, 2.75) is 6.04 Å². The van der Waals surface area contributed by atoms with Gasteiger partial charge in [-0.1, -0.05) is 6.07 Å². The zero-order valence-electron chi connectivity index (χ0n) is 14.3. The van der Waals surface area contributed by atoms with Gasteiger partial charge < -0.3 is 20.1 Å². The molecule has 5 nitrogen and oxygen atoms in total. The molecule has 1 atom stereocenters. The minimum Gasteiger partial charge on any atom is -0.508 e. The highest BCUT2D eigenvalue weighted by atomic mass is 16.5. The summed E-state index contributed by atoms with van der Waals surface area (Å²) in [5, 5.41) is 14.4. The molecule has 1 unspecified atom stereocenters. The Kier molecular flexibility index (Phi) is 4.19. The number of fused-ring (bicyclic) bond motifs is 1. The molecule has 2 aromatic carbocycles. The fourth-order valence-electron chi connectivity index (χ4n) is 3.15. The Hall–Kier alpha value is -3.47. The predicted octanol–water partition coefficient (Wildman–Crippen LogP) is 4.48. The van der Waals surface area contributed by atoms with Gasteiger partial charge in [0.1, 0.15) is 11.5 Å². The zero-order chi connectivity index (χ0) is 17.9. The van der Waals surface area contributed by atoms with Crippen LogP contribution in [-0.2, 0) is 0 Å². The van der Waals surface area contributed by atoms with E-state index < -0.39 is 0 Å². The topological polar surface area (TPSA) is 70.2 Å². The quantitative estimate of drug-likeness (QED) is 0.499. The SMILES string of the molecule is COc1ccc2[nH]cc(C(Nc3cccc(O)c3)c3ccncc3)c2c1. The van der Waals surface area contributed by atoms with Crippen molar-refractivity contribution in [2.75, 3.05) is 12.4 Å². The summed E-state index contributed by atoms with van der Waals surface area (Å²) in [6.07, 6.45) is 5.56. The van der Waals surface area contributed by atoms with E-state index in [1.165, 1.54) is 0 Å². The minimum absolute atomic E-state index is 0.111. The van der Waals surface area contributed by atoms with Crippen LogP contribution < -0.4 is 10.1 Å². The van der Waals surface area contributed by atoms with Gasteiger partial charge in [0.15, 0.2) is 0 Å². The van der Waals surface area contributed by atoms with Crippen LogP contribution in [0.2, 0.25) is 0 Å². The van der Waals surface area contributed by atoms with E-state index in [0.717, 1.165) is 33.5 Å². The molecule has 130 valence electrons. The number of rotatable bonds is 5. The van der Waals surface area contributed by atoms with E-state index in [1.807, 2.05) is 48.7 Å². The first-order valence-electron chi connectivity index (χ1n) is 8.35. The summed E-state index contributed by atoms with van der Waals surface area (Å²) in [5.41, 5.74) is 4.04. The number of hydrogen-bond donors (Lipinski definition) is 3. The molecule has 0 saturated carbocycles. The third-order valence-electron chi connectivity index (χ3n) is 4.43. The molecular formula is C21H19N3O2. The number of aromatic amines is 1. The highest BCUT2D eigenvalue weighted by molar-refractivity contribution is 5.86. The van der Waals surface area contributed by atoms with Crippen LogP contribution in [0.1, 0.15) is 17.2 Å². The Morgan fingerprint density at radius 2 is 1.92 bits per heavy atom. The Balaban J connectivity index is 1.83. The number of nitrogens with zero attached hydrogens (tertiary/aromatic N) is 1. The molecule has 2 heterocycles. The summed E-state index contributed by atoms with van der Waals surface area (Å²) in [7, 11) is 1.67. The monoisotopic (exact) mass is 345 g/mol. The van der Waals surface area contributed by atoms with Crippen LogP contribution in [0.3, 0.4) is 0 Å². The lowest BCUT2D eigenvalue weighted by molar-refractivity contribution is 0.415. The first kappa shape index (κ1) is 16.0. The average Bonchev–Trinajstić information content (AvgIpc) is 3.09. The maximum atomic E-state index is 9.79. The molecule has 0 spiro atoms. The molecular weight excluding hydrogens is 326 g/mol. The van der Waals surface area contributed by atoms with Gasteiger partial charge >= 0.3 is 0 Å². The van der Waals surface area contributed by atoms with Crippen molar-refractivity contribution in [1.29, 1.82) is 0 Å². The number of benzene rings is 2. The number of ether oxygens (including phenoxy) is 1. The first-order valence-corrected chi connectivity index (χ1v) is 8.35. The maximum absolute atomic E-state index is 9.79. The molecule has 0 fully saturated rings. The highest BCUT2D eigenvalue weighted by Gasteiger charge is 2.18. The van der Waals surface area contributed by atoms with Crippen LogP contribution in [0.4, 0.5) is 5.69 Å². The summed E-state index contributed by atoms with van der Waals surface area (Å²) in [6, 6.07) is 17.0. The Labute approximate surface area is 151 Å². The molecule has 4 aromatic rings. The van der Waals surface area contributed by atoms with Crippen molar-refractivity contribution in [3.8, 4) is 11.5 Å². The number of hydrogen-bond acceptors (Lipinski definition) is 4. The van der Waals surface area contributed by atoms with E-state index in [1.54, 1.807) is 31.6 Å². The third kappa shape index (κ3) is 3.07. The summed E-state index contributed by atoms with van der Waals surface area (Å²) >= 11 is 0. The number of phenolic OH excluding ortho intramolecular Hbond substituents is 1. The van der Waals surface area contributed by atoms with Gasteiger partial charge in [-0.3, -0.25) is 4.98 Å². The summed E-state index contributed by atoms with van der Waals surface area (Å²) in [4.78, 5) is 7.45. The second kappa shape index (κ2) is 6.80. The number of phenols is 1. The predicted molar refractivity (Wildman–Crippen MR) is 103 cm³/mol. The van der Waals surface area contributed by atoms with Gasteiger partial charge in [-0.15, -0.1) is 0 Å². The molecule has 26 heavy (non-hydrogen) atoms. The van der Waals surface area contributed by atoms with E-state index in [-0.39, 0.29) is 11.8 Å². The van der Waals surface area contributed by atoms with Gasteiger partial charge in [-0.2, -0.15) is 0 Å². The van der Waals surface area contributed by atoms with Gasteiger partial charge in [-0.05, 0) is 48.0 Å². The molecule has 5 heteroatoms. The number of aromatic hydroxyl groups is 1. The van der Waals surface area contributed by atoms with Crippen LogP contribution in [0.25, 0.3) is 10.9 Å². The zero-order valence-corrected chi connectivity index (χ0v) is 14.3. The van der Waals surface area contributed by atoms with Crippen molar-refractivity contribution in [3.05, 3.63) is 84.3 Å². The number of pyridine rings is 1. The van der Waals surface area contributed by atoms with E-state index in [0.29, 0.717) is 0 Å². The van der Waals surface area contributed by atoms with E-state index in [4.69, 9.17) is 4.74 Å². The van der Waals surface area contributed by atoms with Gasteiger partial charge in [-0.25, -0.2) is 0 Å². The molecule has 0 radical (unpaired) electrons. The van der Waals surface area contributed by atoms with Crippen LogP contribution in [0.5, 0.6) is 11.5 Å². The molecule has 0 aliphatic rings. The van der Waals surface area contributed by atoms with Crippen molar-refractivity contribution in [3.63, 3.8) is 0 Å². The van der Waals surface area contributed by atoms with Gasteiger partial charge in [0.2, 0.25) is 0 Å². The van der Waals surface area contributed by atoms with E-state index in [9.17, 15) is 5.11 Å². The summed E-state index contributed by atoms with van der Waals surface area (Å²) < 4.78 is 5.39. The Bertz CT molecular complexity index is 1030. The first-order chi connectivity index (χ1) is 12.7. The number of aromatic nitrogens is 2. The lowest BCUT2D eigenvalue weighted by Crippen LogP contribution is -2.12. The maximum Gasteiger partial charge on any atom is 0.119 e. The van der Waals surface area contributed by atoms with Crippen LogP contribution in [-0.4, -0.2) is 22.2 Å². The number of nitrogens with one attached hydrogen (secondary N) is 2. The molecule has 4 rings (SSSR count). The van der Waals surface area contributed by atoms with Crippen molar-refractivity contribution < 1.29 is 9.84 Å². The number of methoxy groups -OCH3 is 1. The van der Waals surface area contributed by atoms with Crippen LogP contribution in [0, 0.1) is 0 Å². The van der Waals surface area contributed by atoms with Crippen molar-refractivity contribution in [2.24, 2.45) is 0 Å².